The molecule has 0 radical (unpaired) electrons. The summed E-state index contributed by atoms with van der Waals surface area (Å²) < 4.78 is 12.4. The van der Waals surface area contributed by atoms with Gasteiger partial charge in [-0.1, -0.05) is 12.1 Å². The van der Waals surface area contributed by atoms with E-state index in [1.807, 2.05) is 44.2 Å². The summed E-state index contributed by atoms with van der Waals surface area (Å²) in [7, 11) is 1.65. The Hall–Kier alpha value is -3.28. The van der Waals surface area contributed by atoms with Crippen molar-refractivity contribution in [2.45, 2.75) is 26.8 Å². The number of aryl methyl sites for hydroxylation is 2. The van der Waals surface area contributed by atoms with Gasteiger partial charge in [-0.2, -0.15) is 0 Å². The summed E-state index contributed by atoms with van der Waals surface area (Å²) in [5, 5.41) is 0. The van der Waals surface area contributed by atoms with Crippen molar-refractivity contribution < 1.29 is 19.1 Å². The third kappa shape index (κ3) is 4.34. The number of nitrogens with one attached hydrogen (secondary N) is 1. The van der Waals surface area contributed by atoms with Gasteiger partial charge in [0.05, 0.1) is 7.11 Å². The molecule has 0 saturated heterocycles. The minimum Gasteiger partial charge on any atom is -0.497 e. The van der Waals surface area contributed by atoms with E-state index in [1.165, 1.54) is 5.56 Å². The molecule has 0 fully saturated rings. The number of methoxy groups -OCH3 is 1. The third-order valence-corrected chi connectivity index (χ3v) is 4.81. The van der Waals surface area contributed by atoms with Gasteiger partial charge in [0, 0.05) is 29.7 Å². The monoisotopic (exact) mass is 380 g/mol. The van der Waals surface area contributed by atoms with Crippen molar-refractivity contribution in [3.05, 3.63) is 76.9 Å². The van der Waals surface area contributed by atoms with E-state index in [4.69, 9.17) is 9.47 Å². The van der Waals surface area contributed by atoms with Crippen molar-refractivity contribution in [3.8, 4) is 5.75 Å². The third-order valence-electron chi connectivity index (χ3n) is 4.81. The lowest BCUT2D eigenvalue weighted by Gasteiger charge is -2.10. The highest BCUT2D eigenvalue weighted by Gasteiger charge is 2.18. The van der Waals surface area contributed by atoms with Crippen molar-refractivity contribution >= 4 is 11.8 Å². The maximum absolute atomic E-state index is 12.5. The van der Waals surface area contributed by atoms with E-state index < -0.39 is 5.97 Å². The Morgan fingerprint density at radius 3 is 2.50 bits per heavy atom. The minimum absolute atomic E-state index is 0.205. The number of ketones is 1. The molecule has 3 aromatic rings. The second-order valence-corrected chi connectivity index (χ2v) is 6.62. The number of H-pyrrole nitrogens is 1. The smallest absolute Gasteiger partial charge is 0.355 e. The van der Waals surface area contributed by atoms with Gasteiger partial charge in [0.2, 0.25) is 5.78 Å². The molecule has 0 spiro atoms. The number of Topliss-reactive ketones (excluding diaryl/α,β-unsaturated/α-hetero) is 1. The van der Waals surface area contributed by atoms with E-state index in [0.717, 1.165) is 30.1 Å². The first-order valence-corrected chi connectivity index (χ1v) is 9.13. The van der Waals surface area contributed by atoms with Crippen LogP contribution in [0, 0.1) is 13.8 Å². The zero-order valence-electron chi connectivity index (χ0n) is 16.3. The molecular formula is C22H24N2O4. The molecule has 0 aliphatic rings. The molecule has 2 heterocycles. The number of nitrogens with zero attached hydrogens (tertiary/aromatic N) is 1. The maximum atomic E-state index is 12.5. The summed E-state index contributed by atoms with van der Waals surface area (Å²) in [6.45, 7) is 4.38. The number of carbonyl (C=O) groups excluding carboxylic acids is 2. The normalized spacial score (nSPS) is 10.7. The van der Waals surface area contributed by atoms with Gasteiger partial charge in [0.25, 0.3) is 0 Å². The quantitative estimate of drug-likeness (QED) is 0.477. The summed E-state index contributed by atoms with van der Waals surface area (Å²) in [6, 6.07) is 13.1. The fourth-order valence-electron chi connectivity index (χ4n) is 3.20. The predicted octanol–water partition coefficient (Wildman–Crippen LogP) is 3.72. The fourth-order valence-corrected chi connectivity index (χ4v) is 3.20. The highest BCUT2D eigenvalue weighted by atomic mass is 16.5. The number of aromatic amines is 1. The van der Waals surface area contributed by atoms with Crippen LogP contribution in [0.1, 0.15) is 37.8 Å². The molecule has 0 amide bonds. The van der Waals surface area contributed by atoms with Crippen LogP contribution in [0.25, 0.3) is 0 Å². The van der Waals surface area contributed by atoms with Crippen LogP contribution >= 0.6 is 0 Å². The lowest BCUT2D eigenvalue weighted by atomic mass is 10.1. The Morgan fingerprint density at radius 1 is 1.11 bits per heavy atom. The van der Waals surface area contributed by atoms with Crippen LogP contribution in [-0.4, -0.2) is 35.0 Å². The summed E-state index contributed by atoms with van der Waals surface area (Å²) >= 11 is 0. The zero-order chi connectivity index (χ0) is 20.1. The highest BCUT2D eigenvalue weighted by Crippen LogP contribution is 2.18. The summed E-state index contributed by atoms with van der Waals surface area (Å²) in [4.78, 5) is 27.2. The summed E-state index contributed by atoms with van der Waals surface area (Å²) in [5.74, 6) is 0.0919. The topological polar surface area (TPSA) is 73.3 Å². The molecule has 0 bridgehead atoms. The van der Waals surface area contributed by atoms with Gasteiger partial charge in [-0.15, -0.1) is 0 Å². The highest BCUT2D eigenvalue weighted by molar-refractivity contribution is 6.00. The zero-order valence-corrected chi connectivity index (χ0v) is 16.3. The van der Waals surface area contributed by atoms with Crippen LogP contribution in [0.15, 0.2) is 48.7 Å². The SMILES string of the molecule is COc1ccc(CCn2c(C)cc(C(=O)COC(=O)c3ccc[nH]3)c2C)cc1. The minimum atomic E-state index is -0.535. The molecule has 28 heavy (non-hydrogen) atoms. The molecule has 1 aromatic carbocycles. The predicted molar refractivity (Wildman–Crippen MR) is 106 cm³/mol. The van der Waals surface area contributed by atoms with Gasteiger partial charge in [-0.3, -0.25) is 4.79 Å². The van der Waals surface area contributed by atoms with Crippen molar-refractivity contribution in [2.75, 3.05) is 13.7 Å². The standard InChI is InChI=1S/C22H24N2O4/c1-15-13-19(21(25)14-28-22(26)20-5-4-11-23-20)16(2)24(15)12-10-17-6-8-18(27-3)9-7-17/h4-9,11,13,23H,10,12,14H2,1-3H3. The molecule has 6 heteroatoms. The van der Waals surface area contributed by atoms with Crippen LogP contribution < -0.4 is 4.74 Å². The van der Waals surface area contributed by atoms with E-state index in [2.05, 4.69) is 9.55 Å². The molecule has 0 aliphatic heterocycles. The first-order valence-electron chi connectivity index (χ1n) is 9.13. The fraction of sp³-hybridized carbons (Fsp3) is 0.273. The number of aromatic nitrogens is 2. The largest absolute Gasteiger partial charge is 0.497 e. The van der Waals surface area contributed by atoms with E-state index in [9.17, 15) is 9.59 Å². The van der Waals surface area contributed by atoms with E-state index in [-0.39, 0.29) is 12.4 Å². The number of rotatable bonds is 8. The van der Waals surface area contributed by atoms with Gasteiger partial charge in [-0.05, 0) is 56.2 Å². The van der Waals surface area contributed by atoms with Crippen LogP contribution in [-0.2, 0) is 17.7 Å². The number of benzene rings is 1. The second kappa shape index (κ2) is 8.61. The lowest BCUT2D eigenvalue weighted by Crippen LogP contribution is -2.15. The summed E-state index contributed by atoms with van der Waals surface area (Å²) in [6.07, 6.45) is 2.48. The number of carbonyl (C=O) groups is 2. The molecule has 0 aliphatic carbocycles. The van der Waals surface area contributed by atoms with Crippen molar-refractivity contribution in [3.63, 3.8) is 0 Å². The van der Waals surface area contributed by atoms with Crippen molar-refractivity contribution in [1.82, 2.24) is 9.55 Å². The van der Waals surface area contributed by atoms with Crippen LogP contribution in [0.3, 0.4) is 0 Å². The molecule has 0 unspecified atom stereocenters. The first-order chi connectivity index (χ1) is 13.5. The molecule has 146 valence electrons. The molecule has 6 nitrogen and oxygen atoms in total. The van der Waals surface area contributed by atoms with Crippen LogP contribution in [0.2, 0.25) is 0 Å². The Balaban J connectivity index is 1.63. The lowest BCUT2D eigenvalue weighted by molar-refractivity contribution is 0.0469. The Labute approximate surface area is 164 Å². The van der Waals surface area contributed by atoms with Gasteiger partial charge < -0.3 is 19.0 Å². The first kappa shape index (κ1) is 19.5. The molecule has 0 atom stereocenters. The molecule has 2 aromatic heterocycles. The molecule has 0 saturated carbocycles. The average Bonchev–Trinajstić information content (AvgIpc) is 3.34. The average molecular weight is 380 g/mol. The molecule has 1 N–H and O–H groups in total. The Morgan fingerprint density at radius 2 is 1.86 bits per heavy atom. The van der Waals surface area contributed by atoms with Gasteiger partial charge in [0.1, 0.15) is 11.4 Å². The van der Waals surface area contributed by atoms with Gasteiger partial charge >= 0.3 is 5.97 Å². The summed E-state index contributed by atoms with van der Waals surface area (Å²) in [5.41, 5.74) is 4.00. The second-order valence-electron chi connectivity index (χ2n) is 6.62. The van der Waals surface area contributed by atoms with Crippen molar-refractivity contribution in [2.24, 2.45) is 0 Å². The number of hydrogen-bond acceptors (Lipinski definition) is 4. The van der Waals surface area contributed by atoms with E-state index in [0.29, 0.717) is 11.3 Å². The van der Waals surface area contributed by atoms with Crippen molar-refractivity contribution in [1.29, 1.82) is 0 Å². The van der Waals surface area contributed by atoms with Gasteiger partial charge in [-0.25, -0.2) is 4.79 Å². The van der Waals surface area contributed by atoms with Crippen LogP contribution in [0.4, 0.5) is 0 Å². The Bertz CT molecular complexity index is 953. The number of esters is 1. The van der Waals surface area contributed by atoms with E-state index >= 15 is 0 Å². The number of ether oxygens (including phenoxy) is 2. The number of hydrogen-bond donors (Lipinski definition) is 1. The van der Waals surface area contributed by atoms with Crippen LogP contribution in [0.5, 0.6) is 5.75 Å². The van der Waals surface area contributed by atoms with E-state index in [1.54, 1.807) is 25.4 Å². The molecule has 3 rings (SSSR count). The van der Waals surface area contributed by atoms with Gasteiger partial charge in [0.15, 0.2) is 6.61 Å². The Kier molecular flexibility index (Phi) is 5.99. The maximum Gasteiger partial charge on any atom is 0.355 e. The molecular weight excluding hydrogens is 356 g/mol.